The molecular formula is BaFeOTa+7. The molecule has 0 aliphatic carbocycles. The third kappa shape index (κ3) is 8.84. The standard InChI is InChI=1S/Ba.Fe.O.Ta/q2*+2;-2;+5. The fourth-order valence-electron chi connectivity index (χ4n) is 0. The van der Waals surface area contributed by atoms with Crippen molar-refractivity contribution in [2.45, 2.75) is 0 Å². The third-order valence-electron chi connectivity index (χ3n) is 0. The van der Waals surface area contributed by atoms with E-state index in [0.717, 1.165) is 0 Å². The Morgan fingerprint density at radius 2 is 1.00 bits per heavy atom. The smallest absolute Gasteiger partial charge is 2.00 e. The first-order valence-corrected chi connectivity index (χ1v) is 0. The molecule has 0 heterocycles. The van der Waals surface area contributed by atoms with Crippen LogP contribution in [0.25, 0.3) is 0 Å². The molecule has 0 spiro atoms. The molecule has 0 atom stereocenters. The average molecular weight is 390 g/mol. The monoisotopic (exact) mass is 391 g/mol. The van der Waals surface area contributed by atoms with Gasteiger partial charge in [-0.25, -0.2) is 0 Å². The number of hydrogen-bond acceptors (Lipinski definition) is 0. The molecule has 0 saturated heterocycles. The Bertz CT molecular complexity index is 8.00. The molecule has 0 aliphatic rings. The molecule has 1 nitrogen and oxygen atoms in total. The van der Waals surface area contributed by atoms with Crippen LogP contribution in [0.1, 0.15) is 0 Å². The van der Waals surface area contributed by atoms with Gasteiger partial charge in [0.1, 0.15) is 0 Å². The van der Waals surface area contributed by atoms with Gasteiger partial charge in [-0.2, -0.15) is 0 Å². The second kappa shape index (κ2) is 17.1. The summed E-state index contributed by atoms with van der Waals surface area (Å²) in [6.45, 7) is 0. The molecule has 0 aliphatic heterocycles. The van der Waals surface area contributed by atoms with Crippen LogP contribution < -0.4 is 0 Å². The van der Waals surface area contributed by atoms with Gasteiger partial charge in [-0.1, -0.05) is 0 Å². The first-order chi connectivity index (χ1) is 0. The van der Waals surface area contributed by atoms with Gasteiger partial charge in [0.25, 0.3) is 0 Å². The zero-order chi connectivity index (χ0) is 0. The molecular weight excluding hydrogens is 390 g/mol. The summed E-state index contributed by atoms with van der Waals surface area (Å²) in [6, 6.07) is 0. The molecule has 4 heteroatoms. The quantitative estimate of drug-likeness (QED) is 0.499. The largest absolute Gasteiger partial charge is 5.00 e. The summed E-state index contributed by atoms with van der Waals surface area (Å²) < 4.78 is 0. The van der Waals surface area contributed by atoms with Crippen LogP contribution in [-0.2, 0) is 44.9 Å². The SMILES string of the molecule is [Ba+2].[Fe+2].[O-2].[Ta+5]. The van der Waals surface area contributed by atoms with E-state index in [0.29, 0.717) is 0 Å². The Labute approximate surface area is 91.7 Å². The van der Waals surface area contributed by atoms with E-state index in [1.165, 1.54) is 0 Å². The van der Waals surface area contributed by atoms with Gasteiger partial charge in [0.2, 0.25) is 0 Å². The van der Waals surface area contributed by atoms with Crippen LogP contribution in [0.15, 0.2) is 0 Å². The van der Waals surface area contributed by atoms with Crippen molar-refractivity contribution >= 4 is 48.9 Å². The summed E-state index contributed by atoms with van der Waals surface area (Å²) in [5, 5.41) is 0. The van der Waals surface area contributed by atoms with Crippen molar-refractivity contribution in [1.82, 2.24) is 0 Å². The van der Waals surface area contributed by atoms with E-state index >= 15 is 0 Å². The fraction of sp³-hybridized carbons (Fsp3) is 0. The molecule has 4 heavy (non-hydrogen) atoms. The minimum absolute atomic E-state index is 0. The predicted molar refractivity (Wildman–Crippen MR) is 6.44 cm³/mol. The zero-order valence-electron chi connectivity index (χ0n) is 1.92. The molecule has 0 aromatic heterocycles. The maximum Gasteiger partial charge on any atom is 5.00 e. The second-order valence-corrected chi connectivity index (χ2v) is 0. The van der Waals surface area contributed by atoms with Gasteiger partial charge < -0.3 is 5.48 Å². The van der Waals surface area contributed by atoms with Gasteiger partial charge in [-0.3, -0.25) is 0 Å². The maximum absolute atomic E-state index is 0. The van der Waals surface area contributed by atoms with E-state index in [-0.39, 0.29) is 93.8 Å². The first kappa shape index (κ1) is 29.2. The van der Waals surface area contributed by atoms with E-state index in [4.69, 9.17) is 0 Å². The summed E-state index contributed by atoms with van der Waals surface area (Å²) >= 11 is 0. The van der Waals surface area contributed by atoms with Crippen molar-refractivity contribution in [3.8, 4) is 0 Å². The Morgan fingerprint density at radius 1 is 1.00 bits per heavy atom. The van der Waals surface area contributed by atoms with Crippen molar-refractivity contribution in [1.29, 1.82) is 0 Å². The fourth-order valence-corrected chi connectivity index (χ4v) is 0. The molecule has 0 unspecified atom stereocenters. The van der Waals surface area contributed by atoms with Crippen LogP contribution in [0.4, 0.5) is 0 Å². The molecule has 0 aromatic rings. The molecule has 0 amide bonds. The summed E-state index contributed by atoms with van der Waals surface area (Å²) in [7, 11) is 0. The van der Waals surface area contributed by atoms with Gasteiger partial charge in [-0.15, -0.1) is 0 Å². The summed E-state index contributed by atoms with van der Waals surface area (Å²) in [6.07, 6.45) is 0. The van der Waals surface area contributed by atoms with Crippen LogP contribution in [0, 0.1) is 0 Å². The van der Waals surface area contributed by atoms with E-state index in [2.05, 4.69) is 0 Å². The molecule has 0 aromatic carbocycles. The van der Waals surface area contributed by atoms with Crippen LogP contribution in [-0.4, -0.2) is 48.9 Å². The maximum atomic E-state index is 0. The van der Waals surface area contributed by atoms with Crippen LogP contribution in [0.2, 0.25) is 0 Å². The average Bonchev–Trinajstić information content (AvgIpc) is 0. The normalized spacial score (nSPS) is 0. The van der Waals surface area contributed by atoms with Crippen molar-refractivity contribution < 1.29 is 44.9 Å². The second-order valence-electron chi connectivity index (χ2n) is 0. The Hall–Kier alpha value is 2.79. The van der Waals surface area contributed by atoms with E-state index in [1.807, 2.05) is 0 Å². The van der Waals surface area contributed by atoms with Crippen molar-refractivity contribution in [2.75, 3.05) is 0 Å². The van der Waals surface area contributed by atoms with E-state index in [1.54, 1.807) is 0 Å². The molecule has 0 saturated carbocycles. The van der Waals surface area contributed by atoms with E-state index < -0.39 is 0 Å². The molecule has 14 valence electrons. The summed E-state index contributed by atoms with van der Waals surface area (Å²) in [5.41, 5.74) is 0. The number of hydrogen-bond donors (Lipinski definition) is 0. The number of rotatable bonds is 0. The first-order valence-electron chi connectivity index (χ1n) is 0. The Kier molecular flexibility index (Phi) is 125. The minimum Gasteiger partial charge on any atom is -2.00 e. The topological polar surface area (TPSA) is 28.5 Å². The van der Waals surface area contributed by atoms with Gasteiger partial charge in [0, 0.05) is 0 Å². The van der Waals surface area contributed by atoms with Crippen molar-refractivity contribution in [3.63, 3.8) is 0 Å². The van der Waals surface area contributed by atoms with E-state index in [9.17, 15) is 0 Å². The molecule has 0 rings (SSSR count). The minimum atomic E-state index is 0. The van der Waals surface area contributed by atoms with Gasteiger partial charge in [0.15, 0.2) is 0 Å². The molecule has 0 fully saturated rings. The summed E-state index contributed by atoms with van der Waals surface area (Å²) in [5.74, 6) is 0. The van der Waals surface area contributed by atoms with Gasteiger partial charge in [0.05, 0.1) is 0 Å². The van der Waals surface area contributed by atoms with Crippen molar-refractivity contribution in [3.05, 3.63) is 0 Å². The Balaban J connectivity index is 0. The zero-order valence-corrected chi connectivity index (χ0v) is 10.7. The molecule has 0 radical (unpaired) electrons. The molecule has 0 N–H and O–H groups in total. The predicted octanol–water partition coefficient (Wildman–Crippen LogP) is -0.505. The van der Waals surface area contributed by atoms with Gasteiger partial charge >= 0.3 is 88.3 Å². The third-order valence-corrected chi connectivity index (χ3v) is 0. The van der Waals surface area contributed by atoms with Crippen LogP contribution >= 0.6 is 0 Å². The van der Waals surface area contributed by atoms with Gasteiger partial charge in [-0.05, 0) is 0 Å². The summed E-state index contributed by atoms with van der Waals surface area (Å²) in [4.78, 5) is 0. The van der Waals surface area contributed by atoms with Crippen LogP contribution in [0.3, 0.4) is 0 Å². The Morgan fingerprint density at radius 3 is 1.00 bits per heavy atom. The molecule has 0 bridgehead atoms. The van der Waals surface area contributed by atoms with Crippen molar-refractivity contribution in [2.24, 2.45) is 0 Å². The van der Waals surface area contributed by atoms with Crippen LogP contribution in [0.5, 0.6) is 0 Å².